The van der Waals surface area contributed by atoms with Gasteiger partial charge in [0, 0.05) is 6.54 Å². The van der Waals surface area contributed by atoms with Gasteiger partial charge in [0.2, 0.25) is 0 Å². The van der Waals surface area contributed by atoms with Crippen molar-refractivity contribution in [2.75, 3.05) is 18.6 Å². The molecule has 0 aliphatic heterocycles. The van der Waals surface area contributed by atoms with E-state index in [1.807, 2.05) is 6.26 Å². The lowest BCUT2D eigenvalue weighted by Gasteiger charge is -2.10. The third-order valence-corrected chi connectivity index (χ3v) is 3.30. The molecule has 0 aliphatic rings. The van der Waals surface area contributed by atoms with Gasteiger partial charge in [0.1, 0.15) is 5.82 Å². The van der Waals surface area contributed by atoms with Crippen LogP contribution >= 0.6 is 11.8 Å². The van der Waals surface area contributed by atoms with Crippen LogP contribution in [0.5, 0.6) is 0 Å². The Balaban J connectivity index is 2.67. The van der Waals surface area contributed by atoms with E-state index >= 15 is 0 Å². The Kier molecular flexibility index (Phi) is 6.32. The van der Waals surface area contributed by atoms with Crippen LogP contribution in [0.2, 0.25) is 0 Å². The molecule has 0 fully saturated rings. The van der Waals surface area contributed by atoms with Crippen LogP contribution in [0.25, 0.3) is 0 Å². The summed E-state index contributed by atoms with van der Waals surface area (Å²) in [5.74, 6) is -0.842. The summed E-state index contributed by atoms with van der Waals surface area (Å²) in [6, 6.07) is 1.81. The predicted molar refractivity (Wildman–Crippen MR) is 71.4 cm³/mol. The molecule has 1 amide bonds. The molecule has 2 nitrogen and oxygen atoms in total. The van der Waals surface area contributed by atoms with Gasteiger partial charge in [-0.25, -0.2) is 4.39 Å². The quantitative estimate of drug-likeness (QED) is 0.641. The van der Waals surface area contributed by atoms with Crippen molar-refractivity contribution >= 4 is 17.7 Å². The van der Waals surface area contributed by atoms with Gasteiger partial charge in [0.15, 0.2) is 0 Å². The third-order valence-electron chi connectivity index (χ3n) is 2.60. The zero-order valence-corrected chi connectivity index (χ0v) is 11.7. The summed E-state index contributed by atoms with van der Waals surface area (Å²) in [7, 11) is 0. The Morgan fingerprint density at radius 2 is 2.00 bits per heavy atom. The molecular weight excluding hydrogens is 294 g/mol. The summed E-state index contributed by atoms with van der Waals surface area (Å²) in [5.41, 5.74) is -1.61. The maximum atomic E-state index is 13.4. The molecule has 1 aromatic rings. The minimum absolute atomic E-state index is 0.315. The average molecular weight is 309 g/mol. The van der Waals surface area contributed by atoms with Gasteiger partial charge in [-0.2, -0.15) is 24.9 Å². The first-order valence-electron chi connectivity index (χ1n) is 6.00. The molecule has 0 heterocycles. The van der Waals surface area contributed by atoms with E-state index < -0.39 is 29.0 Å². The van der Waals surface area contributed by atoms with Crippen molar-refractivity contribution in [1.29, 1.82) is 0 Å². The van der Waals surface area contributed by atoms with Crippen molar-refractivity contribution in [3.63, 3.8) is 0 Å². The second-order valence-corrected chi connectivity index (χ2v) is 5.13. The van der Waals surface area contributed by atoms with Gasteiger partial charge in [0.25, 0.3) is 5.91 Å². The smallest absolute Gasteiger partial charge is 0.352 e. The molecular formula is C13H15F4NOS. The summed E-state index contributed by atoms with van der Waals surface area (Å²) in [6.07, 6.45) is -1.06. The second-order valence-electron chi connectivity index (χ2n) is 4.15. The molecule has 0 radical (unpaired) electrons. The van der Waals surface area contributed by atoms with Crippen molar-refractivity contribution in [2.45, 2.75) is 19.0 Å². The van der Waals surface area contributed by atoms with Gasteiger partial charge in [-0.1, -0.05) is 0 Å². The van der Waals surface area contributed by atoms with Crippen LogP contribution in [0.4, 0.5) is 17.6 Å². The predicted octanol–water partition coefficient (Wildman–Crippen LogP) is 3.72. The number of amides is 1. The molecule has 1 N–H and O–H groups in total. The molecule has 1 rings (SSSR count). The van der Waals surface area contributed by atoms with Gasteiger partial charge < -0.3 is 5.32 Å². The maximum Gasteiger partial charge on any atom is 0.416 e. The van der Waals surface area contributed by atoms with Crippen molar-refractivity contribution < 1.29 is 22.4 Å². The Labute approximate surface area is 118 Å². The van der Waals surface area contributed by atoms with Crippen LogP contribution in [0, 0.1) is 5.82 Å². The lowest BCUT2D eigenvalue weighted by atomic mass is 10.1. The fraction of sp³-hybridized carbons (Fsp3) is 0.462. The number of alkyl halides is 3. The monoisotopic (exact) mass is 309 g/mol. The number of halogens is 4. The number of carbonyl (C=O) groups excluding carboxylic acids is 1. The molecule has 0 saturated carbocycles. The van der Waals surface area contributed by atoms with Crippen LogP contribution in [-0.4, -0.2) is 24.5 Å². The van der Waals surface area contributed by atoms with E-state index in [0.29, 0.717) is 31.2 Å². The minimum atomic E-state index is -4.60. The first kappa shape index (κ1) is 16.8. The summed E-state index contributed by atoms with van der Waals surface area (Å²) in [6.45, 7) is 0.315. The van der Waals surface area contributed by atoms with Crippen molar-refractivity contribution in [2.24, 2.45) is 0 Å². The van der Waals surface area contributed by atoms with Crippen LogP contribution in [-0.2, 0) is 6.18 Å². The number of thioether (sulfide) groups is 1. The zero-order valence-electron chi connectivity index (χ0n) is 10.9. The first-order valence-corrected chi connectivity index (χ1v) is 7.39. The summed E-state index contributed by atoms with van der Waals surface area (Å²) in [5, 5.41) is 2.42. The van der Waals surface area contributed by atoms with E-state index in [9.17, 15) is 22.4 Å². The Morgan fingerprint density at radius 3 is 2.60 bits per heavy atom. The SMILES string of the molecule is CSCCCCNC(=O)c1cc(C(F)(F)F)ccc1F. The molecule has 0 bridgehead atoms. The highest BCUT2D eigenvalue weighted by Crippen LogP contribution is 2.30. The topological polar surface area (TPSA) is 29.1 Å². The van der Waals surface area contributed by atoms with Gasteiger partial charge in [-0.3, -0.25) is 4.79 Å². The molecule has 20 heavy (non-hydrogen) atoms. The molecule has 112 valence electrons. The van der Waals surface area contributed by atoms with Crippen LogP contribution < -0.4 is 5.32 Å². The van der Waals surface area contributed by atoms with E-state index in [2.05, 4.69) is 5.32 Å². The lowest BCUT2D eigenvalue weighted by Crippen LogP contribution is -2.26. The largest absolute Gasteiger partial charge is 0.416 e. The summed E-state index contributed by atoms with van der Waals surface area (Å²) < 4.78 is 50.9. The highest BCUT2D eigenvalue weighted by molar-refractivity contribution is 7.98. The maximum absolute atomic E-state index is 13.4. The number of benzene rings is 1. The standard InChI is InChI=1S/C13H15F4NOS/c1-20-7-3-2-6-18-12(19)10-8-9(13(15,16)17)4-5-11(10)14/h4-5,8H,2-3,6-7H2,1H3,(H,18,19). The summed E-state index contributed by atoms with van der Waals surface area (Å²) >= 11 is 1.67. The van der Waals surface area contributed by atoms with Crippen molar-refractivity contribution in [3.8, 4) is 0 Å². The summed E-state index contributed by atoms with van der Waals surface area (Å²) in [4.78, 5) is 11.7. The van der Waals surface area contributed by atoms with Crippen molar-refractivity contribution in [1.82, 2.24) is 5.32 Å². The average Bonchev–Trinajstić information content (AvgIpc) is 2.37. The van der Waals surface area contributed by atoms with Gasteiger partial charge >= 0.3 is 6.18 Å². The van der Waals surface area contributed by atoms with Crippen LogP contribution in [0.3, 0.4) is 0 Å². The number of hydrogen-bond acceptors (Lipinski definition) is 2. The Bertz CT molecular complexity index is 462. The van der Waals surface area contributed by atoms with E-state index in [-0.39, 0.29) is 0 Å². The number of carbonyl (C=O) groups is 1. The highest BCUT2D eigenvalue weighted by atomic mass is 32.2. The molecule has 0 atom stereocenters. The Morgan fingerprint density at radius 1 is 1.30 bits per heavy atom. The molecule has 1 aromatic carbocycles. The van der Waals surface area contributed by atoms with E-state index in [4.69, 9.17) is 0 Å². The van der Waals surface area contributed by atoms with Crippen molar-refractivity contribution in [3.05, 3.63) is 35.1 Å². The number of unbranched alkanes of at least 4 members (excludes halogenated alkanes) is 1. The van der Waals surface area contributed by atoms with Gasteiger partial charge in [-0.15, -0.1) is 0 Å². The normalized spacial score (nSPS) is 11.4. The number of rotatable bonds is 6. The fourth-order valence-electron chi connectivity index (χ4n) is 1.54. The lowest BCUT2D eigenvalue weighted by molar-refractivity contribution is -0.137. The van der Waals surface area contributed by atoms with Crippen LogP contribution in [0.1, 0.15) is 28.8 Å². The first-order chi connectivity index (χ1) is 9.36. The third kappa shape index (κ3) is 5.03. The molecule has 7 heteroatoms. The van der Waals surface area contributed by atoms with E-state index in [1.165, 1.54) is 0 Å². The zero-order chi connectivity index (χ0) is 15.2. The van der Waals surface area contributed by atoms with E-state index in [0.717, 1.165) is 12.2 Å². The van der Waals surface area contributed by atoms with E-state index in [1.54, 1.807) is 11.8 Å². The molecule has 0 aliphatic carbocycles. The van der Waals surface area contributed by atoms with Gasteiger partial charge in [-0.05, 0) is 43.0 Å². The molecule has 0 unspecified atom stereocenters. The van der Waals surface area contributed by atoms with Gasteiger partial charge in [0.05, 0.1) is 11.1 Å². The molecule has 0 saturated heterocycles. The minimum Gasteiger partial charge on any atom is -0.352 e. The Hall–Kier alpha value is -1.24. The fourth-order valence-corrected chi connectivity index (χ4v) is 2.04. The van der Waals surface area contributed by atoms with Crippen LogP contribution in [0.15, 0.2) is 18.2 Å². The second kappa shape index (κ2) is 7.52. The number of hydrogen-bond donors (Lipinski definition) is 1. The highest BCUT2D eigenvalue weighted by Gasteiger charge is 2.31. The molecule has 0 aromatic heterocycles. The number of nitrogens with one attached hydrogen (secondary N) is 1. The molecule has 0 spiro atoms.